The molecule has 0 aliphatic carbocycles. The average Bonchev–Trinajstić information content (AvgIpc) is 2.81. The molecule has 0 aliphatic heterocycles. The van der Waals surface area contributed by atoms with Gasteiger partial charge in [0.05, 0.1) is 11.1 Å². The van der Waals surface area contributed by atoms with Crippen molar-refractivity contribution < 1.29 is 4.92 Å². The van der Waals surface area contributed by atoms with E-state index in [1.165, 1.54) is 0 Å². The van der Waals surface area contributed by atoms with Crippen molar-refractivity contribution in [1.29, 1.82) is 0 Å². The van der Waals surface area contributed by atoms with E-state index in [4.69, 9.17) is 0 Å². The predicted molar refractivity (Wildman–Crippen MR) is 75.2 cm³/mol. The summed E-state index contributed by atoms with van der Waals surface area (Å²) >= 11 is 0. The molecule has 19 heavy (non-hydrogen) atoms. The van der Waals surface area contributed by atoms with E-state index in [-0.39, 0.29) is 10.6 Å². The van der Waals surface area contributed by atoms with Crippen LogP contribution in [0.5, 0.6) is 0 Å². The predicted octanol–water partition coefficient (Wildman–Crippen LogP) is 3.79. The highest BCUT2D eigenvalue weighted by atomic mass is 16.6. The summed E-state index contributed by atoms with van der Waals surface area (Å²) < 4.78 is 1.99. The van der Waals surface area contributed by atoms with E-state index < -0.39 is 0 Å². The van der Waals surface area contributed by atoms with Gasteiger partial charge in [-0.1, -0.05) is 43.7 Å². The van der Waals surface area contributed by atoms with Crippen LogP contribution in [0.1, 0.15) is 31.0 Å². The molecule has 4 nitrogen and oxygen atoms in total. The smallest absolute Gasteiger partial charge is 0.287 e. The van der Waals surface area contributed by atoms with Gasteiger partial charge in [-0.3, -0.25) is 10.1 Å². The molecule has 0 N–H and O–H groups in total. The Kier molecular flexibility index (Phi) is 4.34. The van der Waals surface area contributed by atoms with E-state index in [9.17, 15) is 10.1 Å². The lowest BCUT2D eigenvalue weighted by molar-refractivity contribution is -0.384. The van der Waals surface area contributed by atoms with Crippen molar-refractivity contribution in [2.45, 2.75) is 32.7 Å². The van der Waals surface area contributed by atoms with E-state index in [2.05, 4.69) is 6.92 Å². The highest BCUT2D eigenvalue weighted by Gasteiger charge is 2.13. The molecular weight excluding hydrogens is 240 g/mol. The fraction of sp³-hybridized carbons (Fsp3) is 0.333. The summed E-state index contributed by atoms with van der Waals surface area (Å²) in [7, 11) is 0. The lowest BCUT2D eigenvalue weighted by Gasteiger charge is -2.08. The van der Waals surface area contributed by atoms with Gasteiger partial charge in [0.1, 0.15) is 0 Å². The molecule has 1 aromatic heterocycles. The molecule has 2 rings (SSSR count). The quantitative estimate of drug-likeness (QED) is 0.584. The molecule has 2 aromatic rings. The zero-order chi connectivity index (χ0) is 13.7. The second-order valence-corrected chi connectivity index (χ2v) is 4.66. The first-order valence-electron chi connectivity index (χ1n) is 6.58. The molecule has 0 saturated heterocycles. The summed E-state index contributed by atoms with van der Waals surface area (Å²) in [6.45, 7) is 2.81. The third-order valence-electron chi connectivity index (χ3n) is 3.16. The SMILES string of the molecule is CCCCc1cc([N+](=O)[O-])cn1Cc1ccccc1. The Morgan fingerprint density at radius 2 is 2.00 bits per heavy atom. The fourth-order valence-electron chi connectivity index (χ4n) is 2.13. The number of nitrogens with zero attached hydrogens (tertiary/aromatic N) is 2. The lowest BCUT2D eigenvalue weighted by Crippen LogP contribution is -2.03. The minimum atomic E-state index is -0.322. The first-order chi connectivity index (χ1) is 9.20. The van der Waals surface area contributed by atoms with Gasteiger partial charge in [-0.05, 0) is 18.4 Å². The van der Waals surface area contributed by atoms with Crippen molar-refractivity contribution in [1.82, 2.24) is 4.57 Å². The summed E-state index contributed by atoms with van der Waals surface area (Å²) in [6, 6.07) is 11.7. The molecule has 0 unspecified atom stereocenters. The highest BCUT2D eigenvalue weighted by Crippen LogP contribution is 2.19. The number of unbranched alkanes of at least 4 members (excludes halogenated alkanes) is 1. The minimum absolute atomic E-state index is 0.182. The first kappa shape index (κ1) is 13.3. The molecule has 0 spiro atoms. The van der Waals surface area contributed by atoms with E-state index in [0.717, 1.165) is 30.5 Å². The van der Waals surface area contributed by atoms with Gasteiger partial charge in [-0.25, -0.2) is 0 Å². The van der Waals surface area contributed by atoms with Crippen LogP contribution in [-0.4, -0.2) is 9.49 Å². The number of hydrogen-bond acceptors (Lipinski definition) is 2. The molecule has 0 fully saturated rings. The molecule has 0 radical (unpaired) electrons. The molecule has 0 amide bonds. The Bertz CT molecular complexity index is 547. The summed E-state index contributed by atoms with van der Waals surface area (Å²) in [5, 5.41) is 10.9. The number of rotatable bonds is 6. The lowest BCUT2D eigenvalue weighted by atomic mass is 10.2. The monoisotopic (exact) mass is 258 g/mol. The van der Waals surface area contributed by atoms with Gasteiger partial charge in [0.15, 0.2) is 0 Å². The largest absolute Gasteiger partial charge is 0.341 e. The molecule has 1 aromatic carbocycles. The van der Waals surface area contributed by atoms with Crippen LogP contribution in [0.2, 0.25) is 0 Å². The van der Waals surface area contributed by atoms with Crippen LogP contribution in [-0.2, 0) is 13.0 Å². The van der Waals surface area contributed by atoms with Crippen LogP contribution in [0, 0.1) is 10.1 Å². The molecule has 0 saturated carbocycles. The van der Waals surface area contributed by atoms with E-state index >= 15 is 0 Å². The maximum absolute atomic E-state index is 10.9. The third kappa shape index (κ3) is 3.44. The molecule has 0 aliphatic rings. The van der Waals surface area contributed by atoms with Crippen LogP contribution in [0.4, 0.5) is 5.69 Å². The maximum Gasteiger partial charge on any atom is 0.287 e. The van der Waals surface area contributed by atoms with Gasteiger partial charge in [0, 0.05) is 18.3 Å². The molecule has 100 valence electrons. The van der Waals surface area contributed by atoms with E-state index in [0.29, 0.717) is 6.54 Å². The third-order valence-corrected chi connectivity index (χ3v) is 3.16. The topological polar surface area (TPSA) is 48.1 Å². The Labute approximate surface area is 112 Å². The van der Waals surface area contributed by atoms with E-state index in [1.54, 1.807) is 12.3 Å². The van der Waals surface area contributed by atoms with E-state index in [1.807, 2.05) is 34.9 Å². The van der Waals surface area contributed by atoms with Crippen LogP contribution >= 0.6 is 0 Å². The van der Waals surface area contributed by atoms with Crippen molar-refractivity contribution in [3.63, 3.8) is 0 Å². The Morgan fingerprint density at radius 3 is 2.63 bits per heavy atom. The van der Waals surface area contributed by atoms with Crippen LogP contribution in [0.3, 0.4) is 0 Å². The minimum Gasteiger partial charge on any atom is -0.341 e. The summed E-state index contributed by atoms with van der Waals surface area (Å²) in [4.78, 5) is 10.6. The number of aromatic nitrogens is 1. The van der Waals surface area contributed by atoms with Crippen molar-refractivity contribution >= 4 is 5.69 Å². The van der Waals surface area contributed by atoms with Gasteiger partial charge < -0.3 is 4.57 Å². The summed E-state index contributed by atoms with van der Waals surface area (Å²) in [6.07, 6.45) is 4.66. The second kappa shape index (κ2) is 6.18. The second-order valence-electron chi connectivity index (χ2n) is 4.66. The number of hydrogen-bond donors (Lipinski definition) is 0. The van der Waals surface area contributed by atoms with Gasteiger partial charge in [-0.2, -0.15) is 0 Å². The van der Waals surface area contributed by atoms with Gasteiger partial charge in [-0.15, -0.1) is 0 Å². The number of nitro groups is 1. The van der Waals surface area contributed by atoms with Crippen LogP contribution < -0.4 is 0 Å². The molecular formula is C15H18N2O2. The normalized spacial score (nSPS) is 10.6. The molecule has 0 bridgehead atoms. The highest BCUT2D eigenvalue weighted by molar-refractivity contribution is 5.32. The summed E-state index contributed by atoms with van der Waals surface area (Å²) in [5.41, 5.74) is 2.38. The maximum atomic E-state index is 10.9. The Balaban J connectivity index is 2.24. The van der Waals surface area contributed by atoms with Crippen LogP contribution in [0.15, 0.2) is 42.6 Å². The number of aryl methyl sites for hydroxylation is 1. The van der Waals surface area contributed by atoms with Gasteiger partial charge in [0.25, 0.3) is 5.69 Å². The van der Waals surface area contributed by atoms with Gasteiger partial charge in [0.2, 0.25) is 0 Å². The Hall–Kier alpha value is -2.10. The van der Waals surface area contributed by atoms with Crippen molar-refractivity contribution in [3.8, 4) is 0 Å². The van der Waals surface area contributed by atoms with Crippen LogP contribution in [0.25, 0.3) is 0 Å². The standard InChI is InChI=1S/C15H18N2O2/c1-2-3-9-14-10-15(17(18)19)12-16(14)11-13-7-5-4-6-8-13/h4-8,10,12H,2-3,9,11H2,1H3. The summed E-state index contributed by atoms with van der Waals surface area (Å²) in [5.74, 6) is 0. The number of benzene rings is 1. The first-order valence-corrected chi connectivity index (χ1v) is 6.58. The van der Waals surface area contributed by atoms with Gasteiger partial charge >= 0.3 is 0 Å². The molecule has 4 heteroatoms. The molecule has 0 atom stereocenters. The molecule has 1 heterocycles. The average molecular weight is 258 g/mol. The van der Waals surface area contributed by atoms with Crippen molar-refractivity contribution in [3.05, 3.63) is 64.0 Å². The van der Waals surface area contributed by atoms with Crippen molar-refractivity contribution in [2.75, 3.05) is 0 Å². The zero-order valence-corrected chi connectivity index (χ0v) is 11.1. The van der Waals surface area contributed by atoms with Crippen molar-refractivity contribution in [2.24, 2.45) is 0 Å². The fourth-order valence-corrected chi connectivity index (χ4v) is 2.13. The zero-order valence-electron chi connectivity index (χ0n) is 11.1. The Morgan fingerprint density at radius 1 is 1.26 bits per heavy atom.